The second-order valence-electron chi connectivity index (χ2n) is 4.34. The molecule has 1 aromatic carbocycles. The van der Waals surface area contributed by atoms with Crippen molar-refractivity contribution in [3.63, 3.8) is 0 Å². The molecule has 2 aromatic rings. The second-order valence-corrected chi connectivity index (χ2v) is 6.92. The van der Waals surface area contributed by atoms with Crippen molar-refractivity contribution in [2.45, 2.75) is 26.3 Å². The van der Waals surface area contributed by atoms with Crippen LogP contribution in [0.1, 0.15) is 27.2 Å². The molecule has 0 aliphatic rings. The monoisotopic (exact) mass is 359 g/mol. The Morgan fingerprint density at radius 2 is 2.21 bits per heavy atom. The zero-order valence-electron chi connectivity index (χ0n) is 10.7. The number of nitrogens with two attached hydrogens (primary N) is 1. The standard InChI is InChI=1S/C13H15BrClN3S/c1-7-8(2)19-13(17-7)6-12(18-16)10-4-3-9(15)5-11(10)14/h3-5,12,18H,6,16H2,1-2H3. The number of hydrogen-bond acceptors (Lipinski definition) is 4. The molecule has 0 bridgehead atoms. The number of thiazole rings is 1. The number of benzene rings is 1. The normalized spacial score (nSPS) is 12.7. The molecule has 19 heavy (non-hydrogen) atoms. The van der Waals surface area contributed by atoms with Crippen LogP contribution < -0.4 is 11.3 Å². The third kappa shape index (κ3) is 3.55. The van der Waals surface area contributed by atoms with Crippen molar-refractivity contribution in [1.29, 1.82) is 0 Å². The Morgan fingerprint density at radius 3 is 2.74 bits per heavy atom. The molecule has 6 heteroatoms. The number of rotatable bonds is 4. The van der Waals surface area contributed by atoms with Crippen LogP contribution in [0, 0.1) is 13.8 Å². The molecule has 3 N–H and O–H groups in total. The van der Waals surface area contributed by atoms with Crippen molar-refractivity contribution < 1.29 is 0 Å². The maximum atomic E-state index is 5.96. The summed E-state index contributed by atoms with van der Waals surface area (Å²) in [7, 11) is 0. The first-order valence-corrected chi connectivity index (χ1v) is 7.84. The van der Waals surface area contributed by atoms with Crippen LogP contribution in [0.4, 0.5) is 0 Å². The Hall–Kier alpha value is -0.460. The van der Waals surface area contributed by atoms with E-state index in [1.54, 1.807) is 11.3 Å². The fourth-order valence-electron chi connectivity index (χ4n) is 1.84. The quantitative estimate of drug-likeness (QED) is 0.642. The number of aromatic nitrogens is 1. The van der Waals surface area contributed by atoms with Gasteiger partial charge in [-0.2, -0.15) is 0 Å². The number of hydrazine groups is 1. The molecule has 0 aliphatic carbocycles. The molecule has 0 radical (unpaired) electrons. The lowest BCUT2D eigenvalue weighted by atomic mass is 10.0. The minimum absolute atomic E-state index is 0.0107. The Labute approximate surface area is 130 Å². The molecule has 2 rings (SSSR count). The van der Waals surface area contributed by atoms with Crippen molar-refractivity contribution in [1.82, 2.24) is 10.4 Å². The predicted molar refractivity (Wildman–Crippen MR) is 84.5 cm³/mol. The van der Waals surface area contributed by atoms with Gasteiger partial charge in [0.15, 0.2) is 0 Å². The smallest absolute Gasteiger partial charge is 0.0950 e. The van der Waals surface area contributed by atoms with Crippen LogP contribution in [-0.2, 0) is 6.42 Å². The summed E-state index contributed by atoms with van der Waals surface area (Å²) in [6.45, 7) is 4.11. The van der Waals surface area contributed by atoms with E-state index in [0.29, 0.717) is 5.02 Å². The third-order valence-corrected chi connectivity index (χ3v) is 5.01. The Morgan fingerprint density at radius 1 is 1.47 bits per heavy atom. The van der Waals surface area contributed by atoms with Gasteiger partial charge in [0.25, 0.3) is 0 Å². The molecule has 1 atom stereocenters. The van der Waals surface area contributed by atoms with Crippen molar-refractivity contribution >= 4 is 38.9 Å². The van der Waals surface area contributed by atoms with Gasteiger partial charge in [0.1, 0.15) is 0 Å². The third-order valence-electron chi connectivity index (χ3n) is 2.99. The molecule has 1 aromatic heterocycles. The zero-order chi connectivity index (χ0) is 14.0. The minimum Gasteiger partial charge on any atom is -0.271 e. The van der Waals surface area contributed by atoms with Crippen LogP contribution >= 0.6 is 38.9 Å². The first-order chi connectivity index (χ1) is 9.01. The summed E-state index contributed by atoms with van der Waals surface area (Å²) in [5.74, 6) is 5.68. The summed E-state index contributed by atoms with van der Waals surface area (Å²) in [6, 6.07) is 5.73. The summed E-state index contributed by atoms with van der Waals surface area (Å²) in [5.41, 5.74) is 5.02. The van der Waals surface area contributed by atoms with Crippen molar-refractivity contribution in [2.24, 2.45) is 5.84 Å². The number of hydrogen-bond donors (Lipinski definition) is 2. The first-order valence-electron chi connectivity index (χ1n) is 5.85. The van der Waals surface area contributed by atoms with Gasteiger partial charge in [-0.15, -0.1) is 11.3 Å². The highest BCUT2D eigenvalue weighted by molar-refractivity contribution is 9.10. The molecule has 0 aliphatic heterocycles. The maximum Gasteiger partial charge on any atom is 0.0950 e. The number of aryl methyl sites for hydroxylation is 2. The van der Waals surface area contributed by atoms with E-state index >= 15 is 0 Å². The van der Waals surface area contributed by atoms with Gasteiger partial charge in [-0.1, -0.05) is 33.6 Å². The van der Waals surface area contributed by atoms with Crippen LogP contribution in [0.15, 0.2) is 22.7 Å². The molecule has 0 spiro atoms. The second kappa shape index (κ2) is 6.33. The van der Waals surface area contributed by atoms with E-state index in [0.717, 1.165) is 27.2 Å². The molecular weight excluding hydrogens is 346 g/mol. The van der Waals surface area contributed by atoms with Gasteiger partial charge in [-0.3, -0.25) is 11.3 Å². The van der Waals surface area contributed by atoms with Gasteiger partial charge in [0.05, 0.1) is 16.7 Å². The molecular formula is C13H15BrClN3S. The van der Waals surface area contributed by atoms with Gasteiger partial charge in [0.2, 0.25) is 0 Å². The average molecular weight is 361 g/mol. The molecule has 1 heterocycles. The zero-order valence-corrected chi connectivity index (χ0v) is 13.9. The summed E-state index contributed by atoms with van der Waals surface area (Å²) in [4.78, 5) is 5.80. The van der Waals surface area contributed by atoms with E-state index in [9.17, 15) is 0 Å². The number of halogens is 2. The molecule has 0 saturated heterocycles. The van der Waals surface area contributed by atoms with E-state index in [1.165, 1.54) is 4.88 Å². The van der Waals surface area contributed by atoms with Gasteiger partial charge >= 0.3 is 0 Å². The van der Waals surface area contributed by atoms with Crippen LogP contribution in [-0.4, -0.2) is 4.98 Å². The molecule has 102 valence electrons. The molecule has 0 saturated carbocycles. The lowest BCUT2D eigenvalue weighted by Gasteiger charge is -2.16. The maximum absolute atomic E-state index is 5.96. The van der Waals surface area contributed by atoms with Crippen LogP contribution in [0.25, 0.3) is 0 Å². The highest BCUT2D eigenvalue weighted by Crippen LogP contribution is 2.29. The van der Waals surface area contributed by atoms with E-state index in [-0.39, 0.29) is 6.04 Å². The highest BCUT2D eigenvalue weighted by atomic mass is 79.9. The summed E-state index contributed by atoms with van der Waals surface area (Å²) in [6.07, 6.45) is 0.760. The van der Waals surface area contributed by atoms with Gasteiger partial charge in [0, 0.05) is 20.8 Å². The fourth-order valence-corrected chi connectivity index (χ4v) is 3.78. The van der Waals surface area contributed by atoms with Gasteiger partial charge in [-0.25, -0.2) is 4.98 Å². The van der Waals surface area contributed by atoms with Crippen molar-refractivity contribution in [3.8, 4) is 0 Å². The molecule has 1 unspecified atom stereocenters. The van der Waals surface area contributed by atoms with E-state index in [4.69, 9.17) is 17.4 Å². The van der Waals surface area contributed by atoms with Gasteiger partial charge in [-0.05, 0) is 31.5 Å². The van der Waals surface area contributed by atoms with E-state index < -0.39 is 0 Å². The lowest BCUT2D eigenvalue weighted by molar-refractivity contribution is 0.548. The summed E-state index contributed by atoms with van der Waals surface area (Å²) < 4.78 is 0.952. The Balaban J connectivity index is 2.24. The van der Waals surface area contributed by atoms with Gasteiger partial charge < -0.3 is 0 Å². The summed E-state index contributed by atoms with van der Waals surface area (Å²) >= 11 is 11.2. The highest BCUT2D eigenvalue weighted by Gasteiger charge is 2.16. The van der Waals surface area contributed by atoms with Crippen LogP contribution in [0.2, 0.25) is 5.02 Å². The Bertz CT molecular complexity index is 566. The predicted octanol–water partition coefficient (Wildman–Crippen LogP) is 3.92. The SMILES string of the molecule is Cc1nc(CC(NN)c2ccc(Cl)cc2Br)sc1C. The van der Waals surface area contributed by atoms with E-state index in [1.807, 2.05) is 25.1 Å². The van der Waals surface area contributed by atoms with Crippen LogP contribution in [0.3, 0.4) is 0 Å². The first kappa shape index (κ1) is 14.9. The number of nitrogens with one attached hydrogen (secondary N) is 1. The topological polar surface area (TPSA) is 50.9 Å². The summed E-state index contributed by atoms with van der Waals surface area (Å²) in [5, 5.41) is 1.78. The largest absolute Gasteiger partial charge is 0.271 e. The minimum atomic E-state index is 0.0107. The van der Waals surface area contributed by atoms with Crippen molar-refractivity contribution in [3.05, 3.63) is 48.8 Å². The molecule has 0 fully saturated rings. The van der Waals surface area contributed by atoms with Crippen LogP contribution in [0.5, 0.6) is 0 Å². The molecule has 3 nitrogen and oxygen atoms in total. The van der Waals surface area contributed by atoms with Crippen molar-refractivity contribution in [2.75, 3.05) is 0 Å². The van der Waals surface area contributed by atoms with E-state index in [2.05, 4.69) is 33.3 Å². The fraction of sp³-hybridized carbons (Fsp3) is 0.308. The molecule has 0 amide bonds. The number of nitrogens with zero attached hydrogens (tertiary/aromatic N) is 1. The Kier molecular flexibility index (Phi) is 4.97. The lowest BCUT2D eigenvalue weighted by Crippen LogP contribution is -2.29. The average Bonchev–Trinajstić information content (AvgIpc) is 2.66.